The predicted octanol–water partition coefficient (Wildman–Crippen LogP) is 9.02. The molecular formula is C32H66NO7P. The molecule has 0 saturated heterocycles. The van der Waals surface area contributed by atoms with Crippen LogP contribution in [0.4, 0.5) is 0 Å². The summed E-state index contributed by atoms with van der Waals surface area (Å²) in [6.07, 6.45) is 26.9. The van der Waals surface area contributed by atoms with Gasteiger partial charge >= 0.3 is 13.8 Å². The summed E-state index contributed by atoms with van der Waals surface area (Å²) in [7, 11) is -4.25. The van der Waals surface area contributed by atoms with E-state index in [-0.39, 0.29) is 32.3 Å². The Balaban J connectivity index is 4.03. The van der Waals surface area contributed by atoms with Crippen molar-refractivity contribution in [3.05, 3.63) is 0 Å². The van der Waals surface area contributed by atoms with Crippen LogP contribution in [0.2, 0.25) is 0 Å². The van der Waals surface area contributed by atoms with Crippen LogP contribution in [-0.2, 0) is 27.9 Å². The molecule has 41 heavy (non-hydrogen) atoms. The SMILES string of the molecule is CCCCCCCCCCCCCCCCCC(=O)OC(COCCCCCCCCC)COP(=O)(O)OCCN. The highest BCUT2D eigenvalue weighted by Crippen LogP contribution is 2.43. The van der Waals surface area contributed by atoms with Gasteiger partial charge in [-0.15, -0.1) is 0 Å². The Morgan fingerprint density at radius 2 is 1.07 bits per heavy atom. The van der Waals surface area contributed by atoms with Crippen LogP contribution in [0.1, 0.15) is 162 Å². The third kappa shape index (κ3) is 30.8. The lowest BCUT2D eigenvalue weighted by atomic mass is 10.0. The molecule has 3 N–H and O–H groups in total. The molecule has 0 amide bonds. The number of carbonyl (C=O) groups excluding carboxylic acids is 1. The molecule has 0 aliphatic rings. The molecule has 0 fully saturated rings. The summed E-state index contributed by atoms with van der Waals surface area (Å²) >= 11 is 0. The molecule has 2 atom stereocenters. The van der Waals surface area contributed by atoms with Crippen LogP contribution in [0.15, 0.2) is 0 Å². The summed E-state index contributed by atoms with van der Waals surface area (Å²) in [4.78, 5) is 22.2. The zero-order valence-electron chi connectivity index (χ0n) is 26.8. The minimum absolute atomic E-state index is 0.0911. The first-order valence-corrected chi connectivity index (χ1v) is 18.5. The van der Waals surface area contributed by atoms with Crippen molar-refractivity contribution >= 4 is 13.8 Å². The van der Waals surface area contributed by atoms with Crippen LogP contribution >= 0.6 is 7.82 Å². The zero-order chi connectivity index (χ0) is 30.3. The van der Waals surface area contributed by atoms with E-state index in [1.807, 2.05) is 0 Å². The van der Waals surface area contributed by atoms with Crippen molar-refractivity contribution in [1.29, 1.82) is 0 Å². The van der Waals surface area contributed by atoms with Gasteiger partial charge in [0.05, 0.1) is 19.8 Å². The summed E-state index contributed by atoms with van der Waals surface area (Å²) in [6.45, 7) is 4.90. The van der Waals surface area contributed by atoms with Crippen molar-refractivity contribution in [3.8, 4) is 0 Å². The number of nitrogens with two attached hydrogens (primary N) is 1. The van der Waals surface area contributed by atoms with Gasteiger partial charge in [-0.3, -0.25) is 13.8 Å². The molecule has 0 bridgehead atoms. The Kier molecular flexibility index (Phi) is 30.6. The highest BCUT2D eigenvalue weighted by atomic mass is 31.2. The van der Waals surface area contributed by atoms with E-state index in [1.54, 1.807) is 0 Å². The normalized spacial score (nSPS) is 13.8. The molecule has 0 saturated carbocycles. The molecule has 0 aromatic heterocycles. The molecule has 0 rings (SSSR count). The largest absolute Gasteiger partial charge is 0.472 e. The van der Waals surface area contributed by atoms with Crippen LogP contribution in [-0.4, -0.2) is 49.9 Å². The van der Waals surface area contributed by atoms with Crippen molar-refractivity contribution in [3.63, 3.8) is 0 Å². The number of esters is 1. The second-order valence-corrected chi connectivity index (χ2v) is 12.8. The van der Waals surface area contributed by atoms with Crippen molar-refractivity contribution in [1.82, 2.24) is 0 Å². The molecule has 0 spiro atoms. The maximum atomic E-state index is 12.4. The fourth-order valence-electron chi connectivity index (χ4n) is 4.76. The van der Waals surface area contributed by atoms with Gasteiger partial charge in [0.1, 0.15) is 6.10 Å². The van der Waals surface area contributed by atoms with Crippen molar-refractivity contribution < 1.29 is 32.8 Å². The second kappa shape index (κ2) is 30.9. The molecule has 2 unspecified atom stereocenters. The molecular weight excluding hydrogens is 541 g/mol. The van der Waals surface area contributed by atoms with Crippen molar-refractivity contribution in [2.45, 2.75) is 168 Å². The van der Waals surface area contributed by atoms with E-state index < -0.39 is 13.9 Å². The number of hydrogen-bond acceptors (Lipinski definition) is 7. The van der Waals surface area contributed by atoms with Crippen LogP contribution in [0.3, 0.4) is 0 Å². The smallest absolute Gasteiger partial charge is 0.457 e. The number of ether oxygens (including phenoxy) is 2. The monoisotopic (exact) mass is 607 g/mol. The molecule has 8 nitrogen and oxygen atoms in total. The number of unbranched alkanes of at least 4 members (excludes halogenated alkanes) is 20. The number of phosphoric acid groups is 1. The van der Waals surface area contributed by atoms with E-state index in [9.17, 15) is 14.3 Å². The van der Waals surface area contributed by atoms with Gasteiger partial charge in [0.25, 0.3) is 0 Å². The molecule has 0 aromatic carbocycles. The van der Waals surface area contributed by atoms with Gasteiger partial charge in [-0.05, 0) is 12.8 Å². The van der Waals surface area contributed by atoms with Gasteiger partial charge in [-0.2, -0.15) is 0 Å². The molecule has 9 heteroatoms. The molecule has 0 radical (unpaired) electrons. The Morgan fingerprint density at radius 3 is 1.54 bits per heavy atom. The number of carbonyl (C=O) groups is 1. The summed E-state index contributed by atoms with van der Waals surface area (Å²) < 4.78 is 33.1. The standard InChI is InChI=1S/C32H66NO7P/c1-3-5-7-9-11-12-13-14-15-16-17-18-19-21-23-25-32(34)40-31(30-39-41(35,36)38-28-26-33)29-37-27-24-22-20-10-8-6-4-2/h31H,3-30,33H2,1-2H3,(H,35,36). The lowest BCUT2D eigenvalue weighted by Crippen LogP contribution is -2.28. The second-order valence-electron chi connectivity index (χ2n) is 11.4. The molecule has 0 aliphatic heterocycles. The lowest BCUT2D eigenvalue weighted by molar-refractivity contribution is -0.154. The number of rotatable bonds is 33. The molecule has 0 aliphatic carbocycles. The highest BCUT2D eigenvalue weighted by Gasteiger charge is 2.25. The summed E-state index contributed by atoms with van der Waals surface area (Å²) in [5, 5.41) is 0. The lowest BCUT2D eigenvalue weighted by Gasteiger charge is -2.20. The average molecular weight is 608 g/mol. The Morgan fingerprint density at radius 1 is 0.634 bits per heavy atom. The minimum atomic E-state index is -4.25. The molecule has 0 aromatic rings. The van der Waals surface area contributed by atoms with Gasteiger partial charge in [0.2, 0.25) is 0 Å². The predicted molar refractivity (Wildman–Crippen MR) is 169 cm³/mol. The fourth-order valence-corrected chi connectivity index (χ4v) is 5.53. The maximum Gasteiger partial charge on any atom is 0.472 e. The third-order valence-corrected chi connectivity index (χ3v) is 8.26. The van der Waals surface area contributed by atoms with Crippen LogP contribution < -0.4 is 5.73 Å². The first-order valence-electron chi connectivity index (χ1n) is 17.0. The van der Waals surface area contributed by atoms with Gasteiger partial charge in [-0.1, -0.05) is 142 Å². The fraction of sp³-hybridized carbons (Fsp3) is 0.969. The van der Waals surface area contributed by atoms with Crippen LogP contribution in [0.25, 0.3) is 0 Å². The summed E-state index contributed by atoms with van der Waals surface area (Å²) in [6, 6.07) is 0. The highest BCUT2D eigenvalue weighted by molar-refractivity contribution is 7.47. The maximum absolute atomic E-state index is 12.4. The Hall–Kier alpha value is -0.500. The van der Waals surface area contributed by atoms with Crippen molar-refractivity contribution in [2.75, 3.05) is 33.0 Å². The van der Waals surface area contributed by atoms with E-state index in [2.05, 4.69) is 13.8 Å². The van der Waals surface area contributed by atoms with Gasteiger partial charge in [0, 0.05) is 19.6 Å². The minimum Gasteiger partial charge on any atom is -0.457 e. The molecule has 246 valence electrons. The van der Waals surface area contributed by atoms with E-state index >= 15 is 0 Å². The topological polar surface area (TPSA) is 117 Å². The third-order valence-electron chi connectivity index (χ3n) is 7.27. The average Bonchev–Trinajstić information content (AvgIpc) is 2.96. The van der Waals surface area contributed by atoms with E-state index in [0.29, 0.717) is 13.0 Å². The van der Waals surface area contributed by atoms with Gasteiger partial charge < -0.3 is 20.1 Å². The van der Waals surface area contributed by atoms with Gasteiger partial charge in [0.15, 0.2) is 0 Å². The van der Waals surface area contributed by atoms with E-state index in [1.165, 1.54) is 109 Å². The first kappa shape index (κ1) is 40.5. The van der Waals surface area contributed by atoms with Crippen molar-refractivity contribution in [2.24, 2.45) is 5.73 Å². The Bertz CT molecular complexity index is 609. The summed E-state index contributed by atoms with van der Waals surface area (Å²) in [5.41, 5.74) is 5.32. The molecule has 0 heterocycles. The van der Waals surface area contributed by atoms with Gasteiger partial charge in [-0.25, -0.2) is 4.57 Å². The number of hydrogen-bond donors (Lipinski definition) is 2. The van der Waals surface area contributed by atoms with E-state index in [4.69, 9.17) is 24.3 Å². The Labute approximate surface area is 252 Å². The van der Waals surface area contributed by atoms with E-state index in [0.717, 1.165) is 32.1 Å². The summed E-state index contributed by atoms with van der Waals surface area (Å²) in [5.74, 6) is -0.330. The first-order chi connectivity index (χ1) is 19.9. The zero-order valence-corrected chi connectivity index (χ0v) is 27.7. The quantitative estimate of drug-likeness (QED) is 0.0431. The van der Waals surface area contributed by atoms with Crippen LogP contribution in [0, 0.1) is 0 Å². The van der Waals surface area contributed by atoms with Crippen LogP contribution in [0.5, 0.6) is 0 Å². The number of phosphoric ester groups is 1.